The van der Waals surface area contributed by atoms with E-state index in [2.05, 4.69) is 4.98 Å². The number of hydrogen-bond donors (Lipinski definition) is 1. The molecule has 2 aromatic rings. The Bertz CT molecular complexity index is 601. The van der Waals surface area contributed by atoms with Gasteiger partial charge >= 0.3 is 0 Å². The number of nitrogens with two attached hydrogens (primary N) is 1. The standard InChI is InChI=1S/C14H20FN3O3/c1-19-6-7-21-5-3-4-18-12-9-13(20-2)10(15)8-11(12)17-14(18)16/h8-9H,3-7H2,1-2H3,(H2,16,17). The average Bonchev–Trinajstić information content (AvgIpc) is 2.76. The molecule has 0 fully saturated rings. The van der Waals surface area contributed by atoms with Crippen LogP contribution < -0.4 is 10.5 Å². The van der Waals surface area contributed by atoms with Crippen LogP contribution in [0.5, 0.6) is 5.75 Å². The predicted octanol–water partition coefficient (Wildman–Crippen LogP) is 1.82. The fourth-order valence-corrected chi connectivity index (χ4v) is 2.11. The molecule has 0 aliphatic carbocycles. The van der Waals surface area contributed by atoms with E-state index in [1.165, 1.54) is 13.2 Å². The molecule has 0 aliphatic rings. The number of ether oxygens (including phenoxy) is 3. The van der Waals surface area contributed by atoms with Gasteiger partial charge < -0.3 is 24.5 Å². The monoisotopic (exact) mass is 297 g/mol. The van der Waals surface area contributed by atoms with E-state index in [1.807, 2.05) is 4.57 Å². The van der Waals surface area contributed by atoms with Crippen LogP contribution in [0.1, 0.15) is 6.42 Å². The Balaban J connectivity index is 2.06. The molecule has 0 radical (unpaired) electrons. The van der Waals surface area contributed by atoms with E-state index in [4.69, 9.17) is 19.9 Å². The summed E-state index contributed by atoms with van der Waals surface area (Å²) < 4.78 is 30.8. The summed E-state index contributed by atoms with van der Waals surface area (Å²) in [6, 6.07) is 2.94. The summed E-state index contributed by atoms with van der Waals surface area (Å²) >= 11 is 0. The largest absolute Gasteiger partial charge is 0.494 e. The Labute approximate surface area is 122 Å². The number of benzene rings is 1. The van der Waals surface area contributed by atoms with Crippen LogP contribution in [0, 0.1) is 5.82 Å². The summed E-state index contributed by atoms with van der Waals surface area (Å²) in [6.07, 6.45) is 0.777. The average molecular weight is 297 g/mol. The molecule has 1 heterocycles. The lowest BCUT2D eigenvalue weighted by atomic mass is 10.2. The summed E-state index contributed by atoms with van der Waals surface area (Å²) in [5.74, 6) is 0.0899. The van der Waals surface area contributed by atoms with Gasteiger partial charge in [-0.2, -0.15) is 0 Å². The predicted molar refractivity (Wildman–Crippen MR) is 78.0 cm³/mol. The van der Waals surface area contributed by atoms with E-state index < -0.39 is 5.82 Å². The number of rotatable bonds is 8. The second-order valence-corrected chi connectivity index (χ2v) is 4.56. The Morgan fingerprint density at radius 1 is 1.24 bits per heavy atom. The maximum atomic E-state index is 13.6. The number of methoxy groups -OCH3 is 2. The summed E-state index contributed by atoms with van der Waals surface area (Å²) in [4.78, 5) is 4.16. The lowest BCUT2D eigenvalue weighted by molar-refractivity contribution is 0.0682. The fraction of sp³-hybridized carbons (Fsp3) is 0.500. The molecule has 7 heteroatoms. The molecule has 2 rings (SSSR count). The van der Waals surface area contributed by atoms with Crippen molar-refractivity contribution in [1.82, 2.24) is 9.55 Å². The van der Waals surface area contributed by atoms with Gasteiger partial charge in [0.1, 0.15) is 0 Å². The van der Waals surface area contributed by atoms with Crippen LogP contribution in [0.25, 0.3) is 11.0 Å². The molecule has 2 N–H and O–H groups in total. The molecule has 0 spiro atoms. The Hall–Kier alpha value is -1.86. The molecule has 0 unspecified atom stereocenters. The number of aromatic nitrogens is 2. The van der Waals surface area contributed by atoms with E-state index in [0.29, 0.717) is 37.8 Å². The lowest BCUT2D eigenvalue weighted by Gasteiger charge is -2.08. The third-order valence-corrected chi connectivity index (χ3v) is 3.15. The molecule has 0 saturated heterocycles. The van der Waals surface area contributed by atoms with Gasteiger partial charge in [0.15, 0.2) is 11.6 Å². The third kappa shape index (κ3) is 3.62. The maximum absolute atomic E-state index is 13.6. The Morgan fingerprint density at radius 2 is 2.05 bits per heavy atom. The number of halogens is 1. The van der Waals surface area contributed by atoms with Crippen molar-refractivity contribution in [2.75, 3.05) is 39.8 Å². The SMILES string of the molecule is COCCOCCCn1c(N)nc2cc(F)c(OC)cc21. The molecule has 0 amide bonds. The molecule has 0 bridgehead atoms. The fourth-order valence-electron chi connectivity index (χ4n) is 2.11. The Kier molecular flexibility index (Phi) is 5.35. The van der Waals surface area contributed by atoms with E-state index in [0.717, 1.165) is 11.9 Å². The van der Waals surface area contributed by atoms with Gasteiger partial charge in [-0.3, -0.25) is 0 Å². The van der Waals surface area contributed by atoms with Crippen LogP contribution in [0.3, 0.4) is 0 Å². The van der Waals surface area contributed by atoms with Crippen molar-refractivity contribution >= 4 is 17.0 Å². The molecule has 1 aromatic heterocycles. The number of fused-ring (bicyclic) bond motifs is 1. The number of imidazole rings is 1. The number of anilines is 1. The zero-order valence-corrected chi connectivity index (χ0v) is 12.3. The van der Waals surface area contributed by atoms with Gasteiger partial charge in [-0.15, -0.1) is 0 Å². The van der Waals surface area contributed by atoms with Crippen LogP contribution >= 0.6 is 0 Å². The van der Waals surface area contributed by atoms with Gasteiger partial charge in [-0.25, -0.2) is 9.37 Å². The zero-order chi connectivity index (χ0) is 15.2. The van der Waals surface area contributed by atoms with Gasteiger partial charge in [0, 0.05) is 32.4 Å². The molecule has 21 heavy (non-hydrogen) atoms. The van der Waals surface area contributed by atoms with Crippen molar-refractivity contribution < 1.29 is 18.6 Å². The van der Waals surface area contributed by atoms with Gasteiger partial charge in [0.05, 0.1) is 31.4 Å². The third-order valence-electron chi connectivity index (χ3n) is 3.15. The van der Waals surface area contributed by atoms with E-state index in [-0.39, 0.29) is 5.75 Å². The second kappa shape index (κ2) is 7.24. The van der Waals surface area contributed by atoms with Gasteiger partial charge in [0.25, 0.3) is 0 Å². The molecule has 0 aliphatic heterocycles. The highest BCUT2D eigenvalue weighted by molar-refractivity contribution is 5.80. The van der Waals surface area contributed by atoms with Crippen LogP contribution in [-0.4, -0.2) is 43.6 Å². The quantitative estimate of drug-likeness (QED) is 0.753. The molecular weight excluding hydrogens is 277 g/mol. The number of hydrogen-bond acceptors (Lipinski definition) is 5. The minimum atomic E-state index is -0.447. The first kappa shape index (κ1) is 15.5. The van der Waals surface area contributed by atoms with Crippen molar-refractivity contribution in [2.45, 2.75) is 13.0 Å². The van der Waals surface area contributed by atoms with Crippen molar-refractivity contribution in [3.8, 4) is 5.75 Å². The molecular formula is C14H20FN3O3. The first-order chi connectivity index (χ1) is 10.2. The van der Waals surface area contributed by atoms with Crippen LogP contribution in [0.4, 0.5) is 10.3 Å². The topological polar surface area (TPSA) is 71.5 Å². The van der Waals surface area contributed by atoms with Gasteiger partial charge in [-0.05, 0) is 6.42 Å². The van der Waals surface area contributed by atoms with Crippen molar-refractivity contribution in [1.29, 1.82) is 0 Å². The van der Waals surface area contributed by atoms with Gasteiger partial charge in [0.2, 0.25) is 5.95 Å². The van der Waals surface area contributed by atoms with Crippen LogP contribution in [0.2, 0.25) is 0 Å². The summed E-state index contributed by atoms with van der Waals surface area (Å²) in [5.41, 5.74) is 7.16. The zero-order valence-electron chi connectivity index (χ0n) is 12.3. The first-order valence-electron chi connectivity index (χ1n) is 6.73. The van der Waals surface area contributed by atoms with E-state index in [1.54, 1.807) is 13.2 Å². The highest BCUT2D eigenvalue weighted by Gasteiger charge is 2.12. The van der Waals surface area contributed by atoms with E-state index >= 15 is 0 Å². The number of aryl methyl sites for hydroxylation is 1. The molecule has 6 nitrogen and oxygen atoms in total. The minimum Gasteiger partial charge on any atom is -0.494 e. The van der Waals surface area contributed by atoms with Crippen LogP contribution in [0.15, 0.2) is 12.1 Å². The highest BCUT2D eigenvalue weighted by atomic mass is 19.1. The molecule has 0 saturated carbocycles. The summed E-state index contributed by atoms with van der Waals surface area (Å²) in [6.45, 7) is 2.38. The van der Waals surface area contributed by atoms with Crippen molar-refractivity contribution in [3.05, 3.63) is 17.9 Å². The number of nitrogens with zero attached hydrogens (tertiary/aromatic N) is 2. The smallest absolute Gasteiger partial charge is 0.201 e. The molecule has 116 valence electrons. The summed E-state index contributed by atoms with van der Waals surface area (Å²) in [5, 5.41) is 0. The Morgan fingerprint density at radius 3 is 2.76 bits per heavy atom. The first-order valence-corrected chi connectivity index (χ1v) is 6.73. The number of nitrogen functional groups attached to an aromatic ring is 1. The molecule has 0 atom stereocenters. The van der Waals surface area contributed by atoms with Gasteiger partial charge in [-0.1, -0.05) is 0 Å². The second-order valence-electron chi connectivity index (χ2n) is 4.56. The van der Waals surface area contributed by atoms with E-state index in [9.17, 15) is 4.39 Å². The lowest BCUT2D eigenvalue weighted by Crippen LogP contribution is -2.08. The minimum absolute atomic E-state index is 0.181. The maximum Gasteiger partial charge on any atom is 0.201 e. The highest BCUT2D eigenvalue weighted by Crippen LogP contribution is 2.26. The van der Waals surface area contributed by atoms with Crippen molar-refractivity contribution in [3.63, 3.8) is 0 Å². The normalized spacial score (nSPS) is 11.2. The summed E-state index contributed by atoms with van der Waals surface area (Å²) in [7, 11) is 3.06. The van der Waals surface area contributed by atoms with Crippen LogP contribution in [-0.2, 0) is 16.0 Å². The molecule has 1 aromatic carbocycles. The van der Waals surface area contributed by atoms with Crippen molar-refractivity contribution in [2.24, 2.45) is 0 Å².